The van der Waals surface area contributed by atoms with Gasteiger partial charge in [-0.2, -0.15) is 0 Å². The normalized spacial score (nSPS) is 11.8. The molecule has 5 nitrogen and oxygen atoms in total. The Bertz CT molecular complexity index is 478. The molecule has 1 N–H and O–H groups in total. The smallest absolute Gasteiger partial charge is 0.258 e. The van der Waals surface area contributed by atoms with Crippen LogP contribution >= 0.6 is 15.9 Å². The number of rotatable bonds is 5. The van der Waals surface area contributed by atoms with Crippen molar-refractivity contribution in [3.8, 4) is 5.75 Å². The molecule has 0 aliphatic heterocycles. The fourth-order valence-corrected chi connectivity index (χ4v) is 2.29. The minimum absolute atomic E-state index is 0.235. The molecule has 1 rings (SSSR count). The van der Waals surface area contributed by atoms with E-state index in [4.69, 9.17) is 4.74 Å². The lowest BCUT2D eigenvalue weighted by atomic mass is 10.1. The zero-order valence-corrected chi connectivity index (χ0v) is 12.5. The van der Waals surface area contributed by atoms with Crippen LogP contribution in [-0.2, 0) is 9.59 Å². The van der Waals surface area contributed by atoms with Gasteiger partial charge in [0.1, 0.15) is 5.75 Å². The van der Waals surface area contributed by atoms with Crippen LogP contribution in [0.3, 0.4) is 0 Å². The molecular weight excluding hydrogens is 314 g/mol. The Hall–Kier alpha value is -1.56. The van der Waals surface area contributed by atoms with E-state index in [0.717, 1.165) is 15.6 Å². The minimum atomic E-state index is -1.33. The van der Waals surface area contributed by atoms with E-state index in [1.165, 1.54) is 6.92 Å². The highest BCUT2D eigenvalue weighted by Gasteiger charge is 2.11. The monoisotopic (exact) mass is 328 g/mol. The maximum atomic E-state index is 11.5. The minimum Gasteiger partial charge on any atom is -0.548 e. The van der Waals surface area contributed by atoms with Crippen molar-refractivity contribution in [3.05, 3.63) is 27.7 Å². The van der Waals surface area contributed by atoms with E-state index in [1.54, 1.807) is 0 Å². The Morgan fingerprint density at radius 3 is 2.37 bits per heavy atom. The SMILES string of the molecule is Cc1cc(Br)cc(C)c1OCC(=O)N[C@@H](C)C(=O)[O-]. The Morgan fingerprint density at radius 2 is 1.89 bits per heavy atom. The van der Waals surface area contributed by atoms with Gasteiger partial charge in [0, 0.05) is 4.47 Å². The molecule has 0 aliphatic carbocycles. The summed E-state index contributed by atoms with van der Waals surface area (Å²) in [5.74, 6) is -1.21. The molecule has 0 bridgehead atoms. The molecule has 6 heteroatoms. The Balaban J connectivity index is 2.63. The van der Waals surface area contributed by atoms with Crippen molar-refractivity contribution in [1.29, 1.82) is 0 Å². The number of carbonyl (C=O) groups is 2. The third kappa shape index (κ3) is 4.55. The molecule has 19 heavy (non-hydrogen) atoms. The number of benzene rings is 1. The zero-order valence-electron chi connectivity index (χ0n) is 11.0. The number of hydrogen-bond acceptors (Lipinski definition) is 4. The molecule has 0 aliphatic rings. The predicted octanol–water partition coefficient (Wildman–Crippen LogP) is 0.699. The summed E-state index contributed by atoms with van der Waals surface area (Å²) in [6, 6.07) is 2.72. The first-order chi connectivity index (χ1) is 8.81. The van der Waals surface area contributed by atoms with Gasteiger partial charge in [-0.25, -0.2) is 0 Å². The molecular formula is C13H15BrNO4-. The molecule has 0 spiro atoms. The van der Waals surface area contributed by atoms with Crippen molar-refractivity contribution in [2.24, 2.45) is 0 Å². The van der Waals surface area contributed by atoms with E-state index in [1.807, 2.05) is 26.0 Å². The zero-order chi connectivity index (χ0) is 14.6. The fraction of sp³-hybridized carbons (Fsp3) is 0.385. The van der Waals surface area contributed by atoms with Gasteiger partial charge in [-0.15, -0.1) is 0 Å². The van der Waals surface area contributed by atoms with Crippen LogP contribution in [0.2, 0.25) is 0 Å². The van der Waals surface area contributed by atoms with Gasteiger partial charge in [0.15, 0.2) is 6.61 Å². The molecule has 1 amide bonds. The summed E-state index contributed by atoms with van der Waals surface area (Å²) in [5.41, 5.74) is 1.79. The van der Waals surface area contributed by atoms with E-state index in [-0.39, 0.29) is 6.61 Å². The van der Waals surface area contributed by atoms with Crippen molar-refractivity contribution in [2.45, 2.75) is 26.8 Å². The topological polar surface area (TPSA) is 78.5 Å². The van der Waals surface area contributed by atoms with Crippen LogP contribution in [0.25, 0.3) is 0 Å². The first-order valence-corrected chi connectivity index (χ1v) is 6.50. The fourth-order valence-electron chi connectivity index (χ4n) is 1.60. The molecule has 1 aromatic rings. The number of carboxylic acid groups (broad SMARTS) is 1. The average molecular weight is 329 g/mol. The second-order valence-corrected chi connectivity index (χ2v) is 5.18. The number of aryl methyl sites for hydroxylation is 2. The molecule has 0 radical (unpaired) electrons. The molecule has 0 aromatic heterocycles. The maximum absolute atomic E-state index is 11.5. The quantitative estimate of drug-likeness (QED) is 0.863. The second kappa shape index (κ2) is 6.56. The number of aliphatic carboxylic acids is 1. The number of carboxylic acids is 1. The highest BCUT2D eigenvalue weighted by atomic mass is 79.9. The second-order valence-electron chi connectivity index (χ2n) is 4.27. The van der Waals surface area contributed by atoms with Gasteiger partial charge >= 0.3 is 0 Å². The van der Waals surface area contributed by atoms with Crippen molar-refractivity contribution in [2.75, 3.05) is 6.61 Å². The number of carbonyl (C=O) groups excluding carboxylic acids is 2. The van der Waals surface area contributed by atoms with Crippen LogP contribution in [0.5, 0.6) is 5.75 Å². The van der Waals surface area contributed by atoms with Gasteiger partial charge in [-0.3, -0.25) is 4.79 Å². The van der Waals surface area contributed by atoms with E-state index in [0.29, 0.717) is 5.75 Å². The summed E-state index contributed by atoms with van der Waals surface area (Å²) in [6.07, 6.45) is 0. The van der Waals surface area contributed by atoms with E-state index < -0.39 is 17.9 Å². The van der Waals surface area contributed by atoms with Crippen molar-refractivity contribution in [3.63, 3.8) is 0 Å². The summed E-state index contributed by atoms with van der Waals surface area (Å²) in [6.45, 7) is 4.84. The first-order valence-electron chi connectivity index (χ1n) is 5.71. The molecule has 1 aromatic carbocycles. The van der Waals surface area contributed by atoms with E-state index >= 15 is 0 Å². The lowest BCUT2D eigenvalue weighted by molar-refractivity contribution is -0.307. The molecule has 0 saturated heterocycles. The molecule has 0 fully saturated rings. The number of amides is 1. The average Bonchev–Trinajstić information content (AvgIpc) is 2.27. The van der Waals surface area contributed by atoms with E-state index in [9.17, 15) is 14.7 Å². The summed E-state index contributed by atoms with van der Waals surface area (Å²) in [7, 11) is 0. The van der Waals surface area contributed by atoms with Crippen LogP contribution < -0.4 is 15.2 Å². The van der Waals surface area contributed by atoms with Crippen LogP contribution in [-0.4, -0.2) is 24.5 Å². The van der Waals surface area contributed by atoms with Crippen molar-refractivity contribution < 1.29 is 19.4 Å². The number of nitrogens with one attached hydrogen (secondary N) is 1. The lowest BCUT2D eigenvalue weighted by Gasteiger charge is -2.16. The van der Waals surface area contributed by atoms with Crippen LogP contribution in [0.1, 0.15) is 18.1 Å². The first kappa shape index (κ1) is 15.5. The molecule has 1 atom stereocenters. The summed E-state index contributed by atoms with van der Waals surface area (Å²) >= 11 is 3.37. The number of hydrogen-bond donors (Lipinski definition) is 1. The highest BCUT2D eigenvalue weighted by molar-refractivity contribution is 9.10. The van der Waals surface area contributed by atoms with Gasteiger partial charge in [0.05, 0.1) is 12.0 Å². The van der Waals surface area contributed by atoms with Crippen LogP contribution in [0.4, 0.5) is 0 Å². The maximum Gasteiger partial charge on any atom is 0.258 e. The third-order valence-corrected chi connectivity index (χ3v) is 2.96. The van der Waals surface area contributed by atoms with Gasteiger partial charge in [-0.05, 0) is 44.0 Å². The predicted molar refractivity (Wildman–Crippen MR) is 71.7 cm³/mol. The summed E-state index contributed by atoms with van der Waals surface area (Å²) in [4.78, 5) is 22.0. The lowest BCUT2D eigenvalue weighted by Crippen LogP contribution is -2.47. The van der Waals surface area contributed by atoms with Crippen LogP contribution in [0.15, 0.2) is 16.6 Å². The molecule has 0 unspecified atom stereocenters. The Labute approximate surface area is 120 Å². The van der Waals surface area contributed by atoms with Crippen LogP contribution in [0, 0.1) is 13.8 Å². The Morgan fingerprint density at radius 1 is 1.37 bits per heavy atom. The standard InChI is InChI=1S/C13H16BrNO4/c1-7-4-10(14)5-8(2)12(7)19-6-11(16)15-9(3)13(17)18/h4-5,9H,6H2,1-3H3,(H,15,16)(H,17,18)/p-1/t9-/m0/s1. The molecule has 0 saturated carbocycles. The van der Waals surface area contributed by atoms with Gasteiger partial charge < -0.3 is 20.0 Å². The number of ether oxygens (including phenoxy) is 1. The summed E-state index contributed by atoms with van der Waals surface area (Å²) in [5, 5.41) is 12.7. The van der Waals surface area contributed by atoms with Crippen molar-refractivity contribution in [1.82, 2.24) is 5.32 Å². The molecule has 104 valence electrons. The highest BCUT2D eigenvalue weighted by Crippen LogP contribution is 2.27. The van der Waals surface area contributed by atoms with E-state index in [2.05, 4.69) is 21.2 Å². The molecule has 0 heterocycles. The van der Waals surface area contributed by atoms with Gasteiger partial charge in [0.25, 0.3) is 5.91 Å². The van der Waals surface area contributed by atoms with Crippen molar-refractivity contribution >= 4 is 27.8 Å². The van der Waals surface area contributed by atoms with Gasteiger partial charge in [0.2, 0.25) is 0 Å². The van der Waals surface area contributed by atoms with Gasteiger partial charge in [-0.1, -0.05) is 15.9 Å². The third-order valence-electron chi connectivity index (χ3n) is 2.50. The summed E-state index contributed by atoms with van der Waals surface area (Å²) < 4.78 is 6.35. The number of halogens is 1. The largest absolute Gasteiger partial charge is 0.548 e. The Kier molecular flexibility index (Phi) is 5.35.